The Morgan fingerprint density at radius 1 is 1.08 bits per heavy atom. The second-order valence-electron chi connectivity index (χ2n) is 7.70. The summed E-state index contributed by atoms with van der Waals surface area (Å²) in [5, 5.41) is 5.93. The van der Waals surface area contributed by atoms with E-state index in [1.54, 1.807) is 13.0 Å². The molecule has 0 saturated heterocycles. The molecule has 0 aliphatic rings. The zero-order chi connectivity index (χ0) is 26.7. The molecule has 0 saturated carbocycles. The van der Waals surface area contributed by atoms with Gasteiger partial charge in [-0.15, -0.1) is 0 Å². The van der Waals surface area contributed by atoms with Gasteiger partial charge in [-0.25, -0.2) is 31.9 Å². The fraction of sp³-hybridized carbons (Fsp3) is 0.125. The maximum atomic E-state index is 15.3. The molecule has 4 aromatic rings. The highest BCUT2D eigenvalue weighted by Gasteiger charge is 2.26. The van der Waals surface area contributed by atoms with Crippen molar-refractivity contribution in [1.82, 2.24) is 15.5 Å². The van der Waals surface area contributed by atoms with E-state index in [0.717, 1.165) is 17.2 Å². The monoisotopic (exact) mass is 529 g/mol. The van der Waals surface area contributed by atoms with E-state index in [1.807, 2.05) is 0 Å². The first kappa shape index (κ1) is 25.6. The van der Waals surface area contributed by atoms with Gasteiger partial charge in [-0.3, -0.25) is 4.72 Å². The molecule has 0 fully saturated rings. The van der Waals surface area contributed by atoms with Crippen molar-refractivity contribution in [3.63, 3.8) is 0 Å². The normalized spacial score (nSPS) is 11.2. The first-order valence-corrected chi connectivity index (χ1v) is 12.2. The highest BCUT2D eigenvalue weighted by molar-refractivity contribution is 7.92. The van der Waals surface area contributed by atoms with E-state index in [1.165, 1.54) is 56.8 Å². The Kier molecular flexibility index (Phi) is 7.07. The number of rotatable bonds is 7. The summed E-state index contributed by atoms with van der Waals surface area (Å²) < 4.78 is 66.8. The van der Waals surface area contributed by atoms with E-state index in [4.69, 9.17) is 4.74 Å². The summed E-state index contributed by atoms with van der Waals surface area (Å²) in [6.45, 7) is 1.59. The third kappa shape index (κ3) is 5.21. The number of hydrogen-bond donors (Lipinski definition) is 2. The zero-order valence-corrected chi connectivity index (χ0v) is 20.6. The minimum atomic E-state index is -4.05. The number of carbonyl (C=O) groups is 1. The van der Waals surface area contributed by atoms with E-state index < -0.39 is 27.7 Å². The van der Waals surface area contributed by atoms with Crippen LogP contribution in [0.5, 0.6) is 5.75 Å². The zero-order valence-electron chi connectivity index (χ0n) is 19.8. The maximum absolute atomic E-state index is 15.3. The van der Waals surface area contributed by atoms with Gasteiger partial charge < -0.3 is 14.6 Å². The molecule has 0 spiro atoms. The Morgan fingerprint density at radius 3 is 2.46 bits per heavy atom. The van der Waals surface area contributed by atoms with E-state index in [9.17, 15) is 17.6 Å². The van der Waals surface area contributed by atoms with Crippen molar-refractivity contribution >= 4 is 33.4 Å². The number of pyridine rings is 1. The molecule has 0 atom stereocenters. The van der Waals surface area contributed by atoms with Gasteiger partial charge in [0.25, 0.3) is 10.0 Å². The molecule has 192 valence electrons. The van der Waals surface area contributed by atoms with Crippen LogP contribution >= 0.6 is 0 Å². The number of amides is 2. The van der Waals surface area contributed by atoms with Crippen LogP contribution < -0.4 is 19.7 Å². The SMILES string of the molecule is CNC(=O)N(c1ccc(S(=O)(=O)Nc2ccon2)cn1)c1cc(F)c(-c2ccc(C)c(F)c2)cc1OC. The van der Waals surface area contributed by atoms with Crippen molar-refractivity contribution in [3.8, 4) is 16.9 Å². The molecule has 2 heterocycles. The fourth-order valence-corrected chi connectivity index (χ4v) is 4.37. The number of hydrogen-bond acceptors (Lipinski definition) is 7. The van der Waals surface area contributed by atoms with E-state index in [-0.39, 0.29) is 39.1 Å². The number of carbonyl (C=O) groups excluding carboxylic acids is 1. The number of aromatic nitrogens is 2. The summed E-state index contributed by atoms with van der Waals surface area (Å²) in [5.74, 6) is -1.20. The second kappa shape index (κ2) is 10.2. The quantitative estimate of drug-likeness (QED) is 0.358. The molecule has 2 aromatic heterocycles. The van der Waals surface area contributed by atoms with E-state index >= 15 is 4.39 Å². The Morgan fingerprint density at radius 2 is 1.86 bits per heavy atom. The smallest absolute Gasteiger partial charge is 0.327 e. The summed E-state index contributed by atoms with van der Waals surface area (Å²) in [7, 11) is -1.35. The van der Waals surface area contributed by atoms with Crippen LogP contribution in [0.4, 0.5) is 30.9 Å². The molecule has 0 aliphatic carbocycles. The predicted molar refractivity (Wildman–Crippen MR) is 131 cm³/mol. The number of anilines is 3. The van der Waals surface area contributed by atoms with Crippen molar-refractivity contribution in [3.05, 3.63) is 78.2 Å². The highest BCUT2D eigenvalue weighted by Crippen LogP contribution is 2.39. The molecule has 2 aromatic carbocycles. The van der Waals surface area contributed by atoms with Gasteiger partial charge in [-0.1, -0.05) is 17.3 Å². The van der Waals surface area contributed by atoms with Crippen molar-refractivity contribution < 1.29 is 31.3 Å². The summed E-state index contributed by atoms with van der Waals surface area (Å²) in [5.41, 5.74) is 0.736. The third-order valence-corrected chi connectivity index (χ3v) is 6.69. The lowest BCUT2D eigenvalue weighted by molar-refractivity contribution is 0.250. The lowest BCUT2D eigenvalue weighted by Crippen LogP contribution is -2.35. The number of ether oxygens (including phenoxy) is 1. The topological polar surface area (TPSA) is 127 Å². The number of urea groups is 1. The molecule has 13 heteroatoms. The van der Waals surface area contributed by atoms with Gasteiger partial charge in [-0.05, 0) is 42.3 Å². The summed E-state index contributed by atoms with van der Waals surface area (Å²) in [6, 6.07) is 9.80. The number of aryl methyl sites for hydroxylation is 1. The van der Waals surface area contributed by atoms with Gasteiger partial charge in [0.05, 0.1) is 12.8 Å². The summed E-state index contributed by atoms with van der Waals surface area (Å²) in [4.78, 5) is 17.7. The predicted octanol–water partition coefficient (Wildman–Crippen LogP) is 4.61. The summed E-state index contributed by atoms with van der Waals surface area (Å²) in [6.07, 6.45) is 2.23. The van der Waals surface area contributed by atoms with Crippen LogP contribution in [0.25, 0.3) is 11.1 Å². The lowest BCUT2D eigenvalue weighted by Gasteiger charge is -2.24. The number of nitrogens with zero attached hydrogens (tertiary/aromatic N) is 3. The fourth-order valence-electron chi connectivity index (χ4n) is 3.44. The molecule has 37 heavy (non-hydrogen) atoms. The van der Waals surface area contributed by atoms with Crippen LogP contribution in [0.3, 0.4) is 0 Å². The molecular weight excluding hydrogens is 508 g/mol. The van der Waals surface area contributed by atoms with Crippen LogP contribution in [0.2, 0.25) is 0 Å². The largest absolute Gasteiger partial charge is 0.495 e. The molecular formula is C24H21F2N5O5S. The highest BCUT2D eigenvalue weighted by atomic mass is 32.2. The first-order chi connectivity index (χ1) is 17.6. The maximum Gasteiger partial charge on any atom is 0.327 e. The van der Waals surface area contributed by atoms with Crippen molar-refractivity contribution in [2.75, 3.05) is 23.8 Å². The van der Waals surface area contributed by atoms with Crippen molar-refractivity contribution in [1.29, 1.82) is 0 Å². The molecule has 0 radical (unpaired) electrons. The third-order valence-electron chi connectivity index (χ3n) is 5.35. The van der Waals surface area contributed by atoms with Crippen LogP contribution in [0, 0.1) is 18.6 Å². The van der Waals surface area contributed by atoms with Gasteiger partial charge in [0.15, 0.2) is 5.82 Å². The van der Waals surface area contributed by atoms with Gasteiger partial charge in [-0.2, -0.15) is 0 Å². The van der Waals surface area contributed by atoms with Gasteiger partial charge in [0.2, 0.25) is 0 Å². The van der Waals surface area contributed by atoms with Crippen molar-refractivity contribution in [2.45, 2.75) is 11.8 Å². The molecule has 4 rings (SSSR count). The van der Waals surface area contributed by atoms with Gasteiger partial charge in [0.1, 0.15) is 34.4 Å². The molecule has 0 bridgehead atoms. The van der Waals surface area contributed by atoms with Crippen LogP contribution in [-0.2, 0) is 10.0 Å². The van der Waals surface area contributed by atoms with Gasteiger partial charge >= 0.3 is 6.03 Å². The summed E-state index contributed by atoms with van der Waals surface area (Å²) >= 11 is 0. The lowest BCUT2D eigenvalue weighted by atomic mass is 10.0. The molecule has 2 N–H and O–H groups in total. The Bertz CT molecular complexity index is 1540. The minimum absolute atomic E-state index is 0.0143. The second-order valence-corrected chi connectivity index (χ2v) is 9.38. The number of sulfonamides is 1. The minimum Gasteiger partial charge on any atom is -0.495 e. The number of methoxy groups -OCH3 is 1. The molecule has 2 amide bonds. The average molecular weight is 530 g/mol. The van der Waals surface area contributed by atoms with Crippen molar-refractivity contribution in [2.24, 2.45) is 0 Å². The number of halogens is 2. The average Bonchev–Trinajstić information content (AvgIpc) is 3.38. The number of benzene rings is 2. The van der Waals surface area contributed by atoms with Crippen LogP contribution in [0.1, 0.15) is 5.56 Å². The molecule has 0 unspecified atom stereocenters. The van der Waals surface area contributed by atoms with E-state index in [0.29, 0.717) is 5.56 Å². The van der Waals surface area contributed by atoms with E-state index in [2.05, 4.69) is 24.7 Å². The first-order valence-electron chi connectivity index (χ1n) is 10.7. The van der Waals surface area contributed by atoms with Gasteiger partial charge in [0, 0.05) is 30.9 Å². The van der Waals surface area contributed by atoms with Crippen LogP contribution in [-0.4, -0.2) is 38.7 Å². The Labute approximate surface area is 210 Å². The van der Waals surface area contributed by atoms with Crippen LogP contribution in [0.15, 0.2) is 70.4 Å². The molecule has 10 nitrogen and oxygen atoms in total. The number of nitrogens with one attached hydrogen (secondary N) is 2. The Hall–Kier alpha value is -4.52. The standard InChI is InChI=1S/C24H21F2N5O5S/c1-14-4-5-15(10-18(14)25)17-11-21(35-3)20(12-19(17)26)31(24(32)27-2)23-7-6-16(13-28-23)37(33,34)30-22-8-9-36-29-22/h4-13H,1-3H3,(H,27,32)(H,29,30). The molecule has 0 aliphatic heterocycles. The Balaban J connectivity index is 1.75.